The first-order chi connectivity index (χ1) is 10.2. The van der Waals surface area contributed by atoms with Crippen molar-refractivity contribution in [1.29, 1.82) is 5.26 Å². The van der Waals surface area contributed by atoms with Gasteiger partial charge in [0.05, 0.1) is 11.6 Å². The quantitative estimate of drug-likeness (QED) is 0.740. The van der Waals surface area contributed by atoms with E-state index in [1.54, 1.807) is 24.3 Å². The van der Waals surface area contributed by atoms with Crippen LogP contribution >= 0.6 is 22.6 Å². The van der Waals surface area contributed by atoms with Gasteiger partial charge in [-0.1, -0.05) is 6.07 Å². The van der Waals surface area contributed by atoms with E-state index in [-0.39, 0.29) is 6.61 Å². The summed E-state index contributed by atoms with van der Waals surface area (Å²) < 4.78 is 6.62. The Hall–Kier alpha value is -1.78. The molecule has 0 aromatic heterocycles. The van der Waals surface area contributed by atoms with Gasteiger partial charge in [0.15, 0.2) is 0 Å². The van der Waals surface area contributed by atoms with Crippen molar-refractivity contribution in [3.05, 3.63) is 57.7 Å². The standard InChI is InChI=1S/C16H15IN2O2/c17-13-2-1-3-14(8-13)19-10-15(20)11-21-16-6-4-12(9-18)5-7-16/h1-8,15,19-20H,10-11H2. The molecule has 0 aliphatic rings. The molecule has 0 aliphatic carbocycles. The van der Waals surface area contributed by atoms with Gasteiger partial charge < -0.3 is 15.2 Å². The van der Waals surface area contributed by atoms with Crippen molar-refractivity contribution in [2.24, 2.45) is 0 Å². The molecule has 2 rings (SSSR count). The summed E-state index contributed by atoms with van der Waals surface area (Å²) in [5, 5.41) is 21.8. The minimum Gasteiger partial charge on any atom is -0.491 e. The normalized spacial score (nSPS) is 11.5. The second-order valence-electron chi connectivity index (χ2n) is 4.49. The molecule has 0 bridgehead atoms. The number of nitriles is 1. The van der Waals surface area contributed by atoms with Crippen LogP contribution in [0.1, 0.15) is 5.56 Å². The zero-order valence-electron chi connectivity index (χ0n) is 11.3. The van der Waals surface area contributed by atoms with E-state index in [0.29, 0.717) is 17.9 Å². The van der Waals surface area contributed by atoms with Gasteiger partial charge in [-0.3, -0.25) is 0 Å². The first kappa shape index (κ1) is 15.6. The fourth-order valence-electron chi connectivity index (χ4n) is 1.71. The molecule has 0 radical (unpaired) electrons. The minimum atomic E-state index is -0.612. The average molecular weight is 394 g/mol. The van der Waals surface area contributed by atoms with Crippen molar-refractivity contribution in [1.82, 2.24) is 0 Å². The number of nitrogens with zero attached hydrogens (tertiary/aromatic N) is 1. The number of aliphatic hydroxyl groups excluding tert-OH is 1. The van der Waals surface area contributed by atoms with E-state index in [0.717, 1.165) is 9.26 Å². The topological polar surface area (TPSA) is 65.3 Å². The third kappa shape index (κ3) is 5.25. The molecule has 0 amide bonds. The second kappa shape index (κ2) is 7.86. The van der Waals surface area contributed by atoms with E-state index in [4.69, 9.17) is 10.00 Å². The van der Waals surface area contributed by atoms with Gasteiger partial charge in [0.2, 0.25) is 0 Å². The summed E-state index contributed by atoms with van der Waals surface area (Å²) in [5.41, 5.74) is 1.56. The summed E-state index contributed by atoms with van der Waals surface area (Å²) in [4.78, 5) is 0. The van der Waals surface area contributed by atoms with Crippen LogP contribution < -0.4 is 10.1 Å². The summed E-state index contributed by atoms with van der Waals surface area (Å²) >= 11 is 2.24. The first-order valence-corrected chi connectivity index (χ1v) is 7.56. The van der Waals surface area contributed by atoms with Gasteiger partial charge in [0.1, 0.15) is 18.5 Å². The summed E-state index contributed by atoms with van der Waals surface area (Å²) in [6.07, 6.45) is -0.612. The number of halogens is 1. The highest BCUT2D eigenvalue weighted by atomic mass is 127. The number of hydrogen-bond donors (Lipinski definition) is 2. The third-order valence-electron chi connectivity index (χ3n) is 2.79. The monoisotopic (exact) mass is 394 g/mol. The number of anilines is 1. The van der Waals surface area contributed by atoms with Crippen molar-refractivity contribution in [2.45, 2.75) is 6.10 Å². The van der Waals surface area contributed by atoms with Gasteiger partial charge in [0.25, 0.3) is 0 Å². The smallest absolute Gasteiger partial charge is 0.119 e. The van der Waals surface area contributed by atoms with Gasteiger partial charge in [-0.25, -0.2) is 0 Å². The summed E-state index contributed by atoms with van der Waals surface area (Å²) in [5.74, 6) is 0.641. The SMILES string of the molecule is N#Cc1ccc(OCC(O)CNc2cccc(I)c2)cc1. The Kier molecular flexibility index (Phi) is 5.84. The van der Waals surface area contributed by atoms with Crippen molar-refractivity contribution in [3.63, 3.8) is 0 Å². The molecule has 108 valence electrons. The van der Waals surface area contributed by atoms with Gasteiger partial charge in [-0.05, 0) is 65.1 Å². The highest BCUT2D eigenvalue weighted by molar-refractivity contribution is 14.1. The van der Waals surface area contributed by atoms with Crippen LogP contribution in [0.25, 0.3) is 0 Å². The van der Waals surface area contributed by atoms with E-state index in [2.05, 4.69) is 27.9 Å². The maximum atomic E-state index is 9.90. The minimum absolute atomic E-state index is 0.197. The maximum absolute atomic E-state index is 9.90. The van der Waals surface area contributed by atoms with Crippen LogP contribution in [0.2, 0.25) is 0 Å². The van der Waals surface area contributed by atoms with Crippen LogP contribution in [0.3, 0.4) is 0 Å². The predicted molar refractivity (Wildman–Crippen MR) is 90.3 cm³/mol. The summed E-state index contributed by atoms with van der Waals surface area (Å²) in [6, 6.07) is 16.8. The third-order valence-corrected chi connectivity index (χ3v) is 3.46. The van der Waals surface area contributed by atoms with Crippen LogP contribution in [0.4, 0.5) is 5.69 Å². The number of ether oxygens (including phenoxy) is 1. The van der Waals surface area contributed by atoms with Crippen molar-refractivity contribution >= 4 is 28.3 Å². The highest BCUT2D eigenvalue weighted by Gasteiger charge is 2.05. The second-order valence-corrected chi connectivity index (χ2v) is 5.74. The first-order valence-electron chi connectivity index (χ1n) is 6.48. The molecule has 2 N–H and O–H groups in total. The molecule has 21 heavy (non-hydrogen) atoms. The predicted octanol–water partition coefficient (Wildman–Crippen LogP) is 3.01. The number of aliphatic hydroxyl groups is 1. The molecule has 0 fully saturated rings. The van der Waals surface area contributed by atoms with Crippen molar-refractivity contribution < 1.29 is 9.84 Å². The van der Waals surface area contributed by atoms with E-state index in [1.807, 2.05) is 30.3 Å². The molecule has 4 nitrogen and oxygen atoms in total. The molecular formula is C16H15IN2O2. The van der Waals surface area contributed by atoms with Gasteiger partial charge in [-0.15, -0.1) is 0 Å². The Morgan fingerprint density at radius 3 is 2.67 bits per heavy atom. The molecule has 2 aromatic rings. The Morgan fingerprint density at radius 2 is 2.00 bits per heavy atom. The molecule has 1 unspecified atom stereocenters. The van der Waals surface area contributed by atoms with Crippen LogP contribution in [0.15, 0.2) is 48.5 Å². The van der Waals surface area contributed by atoms with Crippen molar-refractivity contribution in [3.8, 4) is 11.8 Å². The van der Waals surface area contributed by atoms with Gasteiger partial charge in [-0.2, -0.15) is 5.26 Å². The lowest BCUT2D eigenvalue weighted by molar-refractivity contribution is 0.117. The fraction of sp³-hybridized carbons (Fsp3) is 0.188. The fourth-order valence-corrected chi connectivity index (χ4v) is 2.25. The number of nitrogens with one attached hydrogen (secondary N) is 1. The Labute approximate surface area is 137 Å². The average Bonchev–Trinajstić information content (AvgIpc) is 2.51. The number of rotatable bonds is 6. The van der Waals surface area contributed by atoms with E-state index in [1.165, 1.54) is 0 Å². The van der Waals surface area contributed by atoms with Crippen LogP contribution in [0, 0.1) is 14.9 Å². The number of hydrogen-bond acceptors (Lipinski definition) is 4. The van der Waals surface area contributed by atoms with Crippen LogP contribution in [0.5, 0.6) is 5.75 Å². The van der Waals surface area contributed by atoms with Gasteiger partial charge >= 0.3 is 0 Å². The molecule has 0 saturated carbocycles. The molecule has 5 heteroatoms. The molecule has 0 saturated heterocycles. The molecule has 2 aromatic carbocycles. The maximum Gasteiger partial charge on any atom is 0.119 e. The van der Waals surface area contributed by atoms with Crippen LogP contribution in [-0.4, -0.2) is 24.4 Å². The van der Waals surface area contributed by atoms with E-state index < -0.39 is 6.10 Å². The summed E-state index contributed by atoms with van der Waals surface area (Å²) in [6.45, 7) is 0.610. The van der Waals surface area contributed by atoms with E-state index in [9.17, 15) is 5.11 Å². The zero-order valence-corrected chi connectivity index (χ0v) is 13.4. The Bertz CT molecular complexity index is 623. The molecular weight excluding hydrogens is 379 g/mol. The molecule has 0 aliphatic heterocycles. The van der Waals surface area contributed by atoms with E-state index >= 15 is 0 Å². The van der Waals surface area contributed by atoms with Crippen molar-refractivity contribution in [2.75, 3.05) is 18.5 Å². The Morgan fingerprint density at radius 1 is 1.24 bits per heavy atom. The lowest BCUT2D eigenvalue weighted by Gasteiger charge is -2.14. The molecule has 0 spiro atoms. The largest absolute Gasteiger partial charge is 0.491 e. The zero-order chi connectivity index (χ0) is 15.1. The summed E-state index contributed by atoms with van der Waals surface area (Å²) in [7, 11) is 0. The lowest BCUT2D eigenvalue weighted by atomic mass is 10.2. The molecule has 1 atom stereocenters. The Balaban J connectivity index is 1.76. The number of benzene rings is 2. The highest BCUT2D eigenvalue weighted by Crippen LogP contribution is 2.13. The molecule has 0 heterocycles. The van der Waals surface area contributed by atoms with Crippen LogP contribution in [-0.2, 0) is 0 Å². The lowest BCUT2D eigenvalue weighted by Crippen LogP contribution is -2.26. The van der Waals surface area contributed by atoms with Gasteiger partial charge in [0, 0.05) is 15.8 Å².